The molecule has 1 fully saturated rings. The van der Waals surface area contributed by atoms with Gasteiger partial charge in [0.1, 0.15) is 0 Å². The van der Waals surface area contributed by atoms with Gasteiger partial charge in [-0.15, -0.1) is 0 Å². The van der Waals surface area contributed by atoms with Crippen LogP contribution in [0.25, 0.3) is 0 Å². The fourth-order valence-electron chi connectivity index (χ4n) is 1.73. The average molecular weight is 273 g/mol. The van der Waals surface area contributed by atoms with Crippen molar-refractivity contribution in [1.82, 2.24) is 0 Å². The number of halogens is 3. The molecule has 6 heteroatoms. The van der Waals surface area contributed by atoms with E-state index in [0.717, 1.165) is 37.5 Å². The van der Waals surface area contributed by atoms with Gasteiger partial charge in [-0.3, -0.25) is 0 Å². The minimum absolute atomic E-state index is 0.0243. The lowest BCUT2D eigenvalue weighted by Crippen LogP contribution is -2.12. The fourth-order valence-corrected chi connectivity index (χ4v) is 1.73. The van der Waals surface area contributed by atoms with E-state index in [0.29, 0.717) is 5.92 Å². The van der Waals surface area contributed by atoms with Crippen LogP contribution in [0.3, 0.4) is 0 Å². The molecular weight excluding hydrogens is 259 g/mol. The lowest BCUT2D eigenvalue weighted by Gasteiger charge is -2.10. The highest BCUT2D eigenvalue weighted by molar-refractivity contribution is 5.95. The second-order valence-corrected chi connectivity index (χ2v) is 4.67. The van der Waals surface area contributed by atoms with Crippen LogP contribution < -0.4 is 5.73 Å². The van der Waals surface area contributed by atoms with E-state index in [9.17, 15) is 18.0 Å². The van der Waals surface area contributed by atoms with Crippen LogP contribution in [0.4, 0.5) is 18.9 Å². The van der Waals surface area contributed by atoms with Gasteiger partial charge >= 0.3 is 12.1 Å². The van der Waals surface area contributed by atoms with Crippen molar-refractivity contribution in [2.45, 2.75) is 25.4 Å². The minimum Gasteiger partial charge on any atom is -0.462 e. The maximum Gasteiger partial charge on any atom is 0.416 e. The number of hydrogen-bond acceptors (Lipinski definition) is 3. The predicted molar refractivity (Wildman–Crippen MR) is 63.5 cm³/mol. The Balaban J connectivity index is 2.00. The number of rotatable bonds is 4. The largest absolute Gasteiger partial charge is 0.462 e. The van der Waals surface area contributed by atoms with Crippen molar-refractivity contribution in [2.24, 2.45) is 5.92 Å². The van der Waals surface area contributed by atoms with Crippen molar-refractivity contribution in [1.29, 1.82) is 0 Å². The van der Waals surface area contributed by atoms with E-state index >= 15 is 0 Å². The van der Waals surface area contributed by atoms with Crippen molar-refractivity contribution in [3.8, 4) is 0 Å². The van der Waals surface area contributed by atoms with Gasteiger partial charge in [-0.05, 0) is 30.5 Å². The highest BCUT2D eigenvalue weighted by Gasteiger charge is 2.31. The lowest BCUT2D eigenvalue weighted by molar-refractivity contribution is -0.137. The molecule has 0 aromatic heterocycles. The lowest BCUT2D eigenvalue weighted by atomic mass is 10.1. The molecule has 1 aliphatic carbocycles. The molecule has 104 valence electrons. The molecule has 1 aromatic rings. The van der Waals surface area contributed by atoms with Crippen LogP contribution in [0, 0.1) is 5.92 Å². The fraction of sp³-hybridized carbons (Fsp3) is 0.462. The molecule has 2 N–H and O–H groups in total. The topological polar surface area (TPSA) is 52.3 Å². The van der Waals surface area contributed by atoms with Gasteiger partial charge in [0.05, 0.1) is 17.7 Å². The standard InChI is InChI=1S/C13H14F3NO2/c14-13(15,16)9-3-4-10(11(17)7-9)12(18)19-6-5-8-1-2-8/h3-4,7-8H,1-2,5-6,17H2. The van der Waals surface area contributed by atoms with E-state index < -0.39 is 17.7 Å². The number of esters is 1. The van der Waals surface area contributed by atoms with Gasteiger partial charge in [-0.1, -0.05) is 12.8 Å². The van der Waals surface area contributed by atoms with Crippen LogP contribution >= 0.6 is 0 Å². The number of benzene rings is 1. The molecule has 0 radical (unpaired) electrons. The smallest absolute Gasteiger partial charge is 0.416 e. The van der Waals surface area contributed by atoms with Crippen LogP contribution in [-0.2, 0) is 10.9 Å². The number of anilines is 1. The molecule has 0 bridgehead atoms. The van der Waals surface area contributed by atoms with Gasteiger partial charge in [0.25, 0.3) is 0 Å². The summed E-state index contributed by atoms with van der Waals surface area (Å²) in [6.07, 6.45) is -1.37. The number of carbonyl (C=O) groups excluding carboxylic acids is 1. The van der Waals surface area contributed by atoms with E-state index in [4.69, 9.17) is 10.5 Å². The van der Waals surface area contributed by atoms with Gasteiger partial charge in [0, 0.05) is 5.69 Å². The summed E-state index contributed by atoms with van der Waals surface area (Å²) < 4.78 is 42.3. The second kappa shape index (κ2) is 5.11. The first-order chi connectivity index (χ1) is 8.88. The molecule has 1 aromatic carbocycles. The average Bonchev–Trinajstić information content (AvgIpc) is 3.11. The van der Waals surface area contributed by atoms with Gasteiger partial charge in [-0.25, -0.2) is 4.79 Å². The number of ether oxygens (including phenoxy) is 1. The molecule has 2 rings (SSSR count). The molecule has 0 aliphatic heterocycles. The quantitative estimate of drug-likeness (QED) is 0.676. The highest BCUT2D eigenvalue weighted by Crippen LogP contribution is 2.33. The van der Waals surface area contributed by atoms with E-state index in [1.54, 1.807) is 0 Å². The third-order valence-corrected chi connectivity index (χ3v) is 3.05. The summed E-state index contributed by atoms with van der Waals surface area (Å²) in [5, 5.41) is 0. The molecule has 19 heavy (non-hydrogen) atoms. The molecule has 1 saturated carbocycles. The molecule has 1 aliphatic rings. The number of nitrogens with two attached hydrogens (primary N) is 1. The monoisotopic (exact) mass is 273 g/mol. The minimum atomic E-state index is -4.47. The molecule has 0 heterocycles. The van der Waals surface area contributed by atoms with Crippen LogP contribution in [0.2, 0.25) is 0 Å². The number of alkyl halides is 3. The third kappa shape index (κ3) is 3.62. The van der Waals surface area contributed by atoms with Crippen molar-refractivity contribution in [2.75, 3.05) is 12.3 Å². The van der Waals surface area contributed by atoms with Gasteiger partial charge < -0.3 is 10.5 Å². The van der Waals surface area contributed by atoms with Crippen LogP contribution in [0.5, 0.6) is 0 Å². The van der Waals surface area contributed by atoms with Gasteiger partial charge in [0.15, 0.2) is 0 Å². The highest BCUT2D eigenvalue weighted by atomic mass is 19.4. The zero-order valence-corrected chi connectivity index (χ0v) is 10.2. The Morgan fingerprint density at radius 1 is 1.37 bits per heavy atom. The maximum atomic E-state index is 12.4. The van der Waals surface area contributed by atoms with Crippen molar-refractivity contribution in [3.05, 3.63) is 29.3 Å². The Kier molecular flexibility index (Phi) is 3.68. The summed E-state index contributed by atoms with van der Waals surface area (Å²) in [6, 6.07) is 2.63. The molecular formula is C13H14F3NO2. The first kappa shape index (κ1) is 13.7. The maximum absolute atomic E-state index is 12.4. The molecule has 0 atom stereocenters. The Labute approximate surface area is 108 Å². The van der Waals surface area contributed by atoms with Crippen LogP contribution in [-0.4, -0.2) is 12.6 Å². The summed E-state index contributed by atoms with van der Waals surface area (Å²) in [6.45, 7) is 0.282. The summed E-state index contributed by atoms with van der Waals surface area (Å²) in [7, 11) is 0. The SMILES string of the molecule is Nc1cc(C(F)(F)F)ccc1C(=O)OCCC1CC1. The van der Waals surface area contributed by atoms with Crippen molar-refractivity contribution >= 4 is 11.7 Å². The van der Waals surface area contributed by atoms with E-state index in [1.807, 2.05) is 0 Å². The normalized spacial score (nSPS) is 15.3. The zero-order valence-electron chi connectivity index (χ0n) is 10.2. The van der Waals surface area contributed by atoms with Crippen molar-refractivity contribution in [3.63, 3.8) is 0 Å². The Hall–Kier alpha value is -1.72. The molecule has 0 spiro atoms. The first-order valence-electron chi connectivity index (χ1n) is 6.02. The van der Waals surface area contributed by atoms with E-state index in [2.05, 4.69) is 0 Å². The summed E-state index contributed by atoms with van der Waals surface area (Å²) in [4.78, 5) is 11.6. The van der Waals surface area contributed by atoms with Crippen LogP contribution in [0.15, 0.2) is 18.2 Å². The second-order valence-electron chi connectivity index (χ2n) is 4.67. The van der Waals surface area contributed by atoms with Crippen LogP contribution in [0.1, 0.15) is 35.2 Å². The number of nitrogen functional groups attached to an aromatic ring is 1. The first-order valence-corrected chi connectivity index (χ1v) is 6.02. The Morgan fingerprint density at radius 3 is 2.58 bits per heavy atom. The van der Waals surface area contributed by atoms with E-state index in [1.165, 1.54) is 0 Å². The zero-order chi connectivity index (χ0) is 14.0. The van der Waals surface area contributed by atoms with Gasteiger partial charge in [-0.2, -0.15) is 13.2 Å². The number of hydrogen-bond donors (Lipinski definition) is 1. The Bertz CT molecular complexity index is 481. The van der Waals surface area contributed by atoms with Crippen molar-refractivity contribution < 1.29 is 22.7 Å². The van der Waals surface area contributed by atoms with Gasteiger partial charge in [0.2, 0.25) is 0 Å². The molecule has 0 saturated heterocycles. The predicted octanol–water partition coefficient (Wildman–Crippen LogP) is 3.24. The number of carbonyl (C=O) groups is 1. The molecule has 3 nitrogen and oxygen atoms in total. The summed E-state index contributed by atoms with van der Waals surface area (Å²) >= 11 is 0. The molecule has 0 unspecified atom stereocenters. The third-order valence-electron chi connectivity index (χ3n) is 3.05. The van der Waals surface area contributed by atoms with E-state index in [-0.39, 0.29) is 17.9 Å². The summed E-state index contributed by atoms with van der Waals surface area (Å²) in [5.41, 5.74) is 4.35. The Morgan fingerprint density at radius 2 is 2.05 bits per heavy atom. The summed E-state index contributed by atoms with van der Waals surface area (Å²) in [5.74, 6) is -0.0513. The molecule has 0 amide bonds.